The van der Waals surface area contributed by atoms with Crippen molar-refractivity contribution in [1.29, 1.82) is 0 Å². The summed E-state index contributed by atoms with van der Waals surface area (Å²) in [6.45, 7) is 1.17. The Bertz CT molecular complexity index is 420. The largest absolute Gasteiger partial charge is 0.390 e. The van der Waals surface area contributed by atoms with Crippen LogP contribution in [-0.2, 0) is 0 Å². The molecule has 0 aliphatic heterocycles. The van der Waals surface area contributed by atoms with E-state index in [2.05, 4.69) is 15.0 Å². The molecule has 0 aliphatic rings. The van der Waals surface area contributed by atoms with E-state index in [1.54, 1.807) is 0 Å². The fraction of sp³-hybridized carbons (Fsp3) is 0.444. The highest BCUT2D eigenvalue weighted by Gasteiger charge is 2.20. The van der Waals surface area contributed by atoms with Crippen LogP contribution in [0.3, 0.4) is 0 Å². The average molecular weight is 226 g/mol. The van der Waals surface area contributed by atoms with Gasteiger partial charge in [-0.15, -0.1) is 0 Å². The lowest BCUT2D eigenvalue weighted by Crippen LogP contribution is -2.22. The summed E-state index contributed by atoms with van der Waals surface area (Å²) in [4.78, 5) is 5.86. The Labute approximate surface area is 91.0 Å². The van der Waals surface area contributed by atoms with Gasteiger partial charge in [-0.3, -0.25) is 0 Å². The van der Waals surface area contributed by atoms with Gasteiger partial charge in [0.1, 0.15) is 6.10 Å². The molecule has 2 N–H and O–H groups in total. The number of aromatic nitrogens is 1. The Kier molecular flexibility index (Phi) is 4.19. The minimum absolute atomic E-state index is 0.162. The molecule has 7 heteroatoms. The van der Waals surface area contributed by atoms with Crippen molar-refractivity contribution in [3.05, 3.63) is 39.8 Å². The third kappa shape index (κ3) is 2.66. The van der Waals surface area contributed by atoms with Gasteiger partial charge in [-0.2, -0.15) is 4.39 Å². The van der Waals surface area contributed by atoms with E-state index in [9.17, 15) is 14.6 Å². The Morgan fingerprint density at radius 3 is 2.94 bits per heavy atom. The topological polar surface area (TPSA) is 102 Å². The normalized spacial score (nSPS) is 14.0. The first-order chi connectivity index (χ1) is 7.57. The number of pyridine rings is 1. The number of aliphatic hydroxyl groups is 2. The number of rotatable bonds is 4. The highest BCUT2D eigenvalue weighted by atomic mass is 19.1. The van der Waals surface area contributed by atoms with Gasteiger partial charge in [-0.1, -0.05) is 5.11 Å². The van der Waals surface area contributed by atoms with E-state index in [1.165, 1.54) is 19.2 Å². The average Bonchev–Trinajstić information content (AvgIpc) is 2.28. The molecule has 1 heterocycles. The summed E-state index contributed by atoms with van der Waals surface area (Å²) in [5.74, 6) is -0.701. The van der Waals surface area contributed by atoms with Crippen molar-refractivity contribution in [1.82, 2.24) is 4.98 Å². The molecular formula is C9H11FN4O2. The molecule has 0 radical (unpaired) electrons. The maximum Gasteiger partial charge on any atom is 0.216 e. The van der Waals surface area contributed by atoms with Crippen molar-refractivity contribution in [2.24, 2.45) is 5.11 Å². The first kappa shape index (κ1) is 12.4. The lowest BCUT2D eigenvalue weighted by Gasteiger charge is -2.17. The molecule has 16 heavy (non-hydrogen) atoms. The van der Waals surface area contributed by atoms with Gasteiger partial charge in [-0.05, 0) is 24.1 Å². The van der Waals surface area contributed by atoms with Gasteiger partial charge in [0.15, 0.2) is 0 Å². The third-order valence-electron chi connectivity index (χ3n) is 2.20. The third-order valence-corrected chi connectivity index (χ3v) is 2.20. The summed E-state index contributed by atoms with van der Waals surface area (Å²) in [5.41, 5.74) is 8.45. The summed E-state index contributed by atoms with van der Waals surface area (Å²) in [5, 5.41) is 22.3. The van der Waals surface area contributed by atoms with E-state index in [0.717, 1.165) is 0 Å². The van der Waals surface area contributed by atoms with Gasteiger partial charge in [0.25, 0.3) is 0 Å². The van der Waals surface area contributed by atoms with Crippen molar-refractivity contribution in [2.75, 3.05) is 6.54 Å². The monoisotopic (exact) mass is 226 g/mol. The molecule has 1 aromatic rings. The molecule has 0 fully saturated rings. The van der Waals surface area contributed by atoms with Gasteiger partial charge in [0.2, 0.25) is 5.95 Å². The van der Waals surface area contributed by atoms with Gasteiger partial charge >= 0.3 is 0 Å². The molecule has 2 atom stereocenters. The molecule has 1 rings (SSSR count). The Balaban J connectivity index is 2.91. The summed E-state index contributed by atoms with van der Waals surface area (Å²) in [7, 11) is 0. The van der Waals surface area contributed by atoms with Crippen molar-refractivity contribution in [2.45, 2.75) is 19.1 Å². The van der Waals surface area contributed by atoms with E-state index in [-0.39, 0.29) is 17.7 Å². The van der Waals surface area contributed by atoms with E-state index < -0.39 is 18.2 Å². The van der Waals surface area contributed by atoms with Crippen molar-refractivity contribution >= 4 is 0 Å². The molecule has 0 amide bonds. The van der Waals surface area contributed by atoms with Crippen LogP contribution in [0.1, 0.15) is 17.2 Å². The van der Waals surface area contributed by atoms with Crippen LogP contribution < -0.4 is 0 Å². The molecule has 0 bridgehead atoms. The number of halogens is 1. The lowest BCUT2D eigenvalue weighted by molar-refractivity contribution is 0.0237. The zero-order chi connectivity index (χ0) is 12.1. The minimum Gasteiger partial charge on any atom is -0.390 e. The number of hydrogen-bond donors (Lipinski definition) is 2. The van der Waals surface area contributed by atoms with Crippen LogP contribution in [0.2, 0.25) is 0 Å². The second-order valence-electron chi connectivity index (χ2n) is 3.24. The first-order valence-electron chi connectivity index (χ1n) is 4.56. The van der Waals surface area contributed by atoms with E-state index in [0.29, 0.717) is 0 Å². The molecule has 0 saturated carbocycles. The molecule has 1 aromatic heterocycles. The lowest BCUT2D eigenvalue weighted by atomic mass is 10.0. The van der Waals surface area contributed by atoms with Crippen molar-refractivity contribution in [3.63, 3.8) is 0 Å². The zero-order valence-corrected chi connectivity index (χ0v) is 8.58. The fourth-order valence-corrected chi connectivity index (χ4v) is 1.27. The highest BCUT2D eigenvalue weighted by molar-refractivity contribution is 5.26. The molecule has 0 saturated heterocycles. The number of aliphatic hydroxyl groups excluding tert-OH is 2. The van der Waals surface area contributed by atoms with E-state index >= 15 is 0 Å². The van der Waals surface area contributed by atoms with Crippen LogP contribution in [-0.4, -0.2) is 27.8 Å². The second kappa shape index (κ2) is 5.41. The standard InChI is InChI=1S/C9H11FN4O2/c1-5-6(2-3-12-9(5)10)8(16)7(15)4-13-14-11/h2-3,7-8,15-16H,4H2,1H3. The maximum atomic E-state index is 13.1. The fourth-order valence-electron chi connectivity index (χ4n) is 1.27. The molecule has 0 spiro atoms. The van der Waals surface area contributed by atoms with Crippen molar-refractivity contribution in [3.8, 4) is 0 Å². The molecule has 0 aliphatic carbocycles. The Morgan fingerprint density at radius 1 is 1.62 bits per heavy atom. The maximum absolute atomic E-state index is 13.1. The first-order valence-corrected chi connectivity index (χ1v) is 4.56. The number of hydrogen-bond acceptors (Lipinski definition) is 4. The van der Waals surface area contributed by atoms with Crippen molar-refractivity contribution < 1.29 is 14.6 Å². The predicted molar refractivity (Wildman–Crippen MR) is 53.9 cm³/mol. The van der Waals surface area contributed by atoms with Gasteiger partial charge in [0, 0.05) is 16.7 Å². The summed E-state index contributed by atoms with van der Waals surface area (Å²) in [6.07, 6.45) is -1.37. The minimum atomic E-state index is -1.30. The molecule has 0 aromatic carbocycles. The molecular weight excluding hydrogens is 215 g/mol. The van der Waals surface area contributed by atoms with Crippen LogP contribution in [0.4, 0.5) is 4.39 Å². The zero-order valence-electron chi connectivity index (χ0n) is 8.58. The highest BCUT2D eigenvalue weighted by Crippen LogP contribution is 2.21. The summed E-state index contributed by atoms with van der Waals surface area (Å²) in [6, 6.07) is 1.41. The van der Waals surface area contributed by atoms with E-state index in [1.807, 2.05) is 0 Å². The molecule has 86 valence electrons. The molecule has 2 unspecified atom stereocenters. The van der Waals surface area contributed by atoms with Crippen LogP contribution in [0, 0.1) is 12.9 Å². The number of nitrogens with zero attached hydrogens (tertiary/aromatic N) is 4. The number of azide groups is 1. The SMILES string of the molecule is Cc1c(C(O)C(O)CN=[N+]=[N-])ccnc1F. The van der Waals surface area contributed by atoms with Gasteiger partial charge in [0.05, 0.1) is 12.6 Å². The van der Waals surface area contributed by atoms with Crippen LogP contribution in [0.25, 0.3) is 10.4 Å². The quantitative estimate of drug-likeness (QED) is 0.349. The Morgan fingerprint density at radius 2 is 2.31 bits per heavy atom. The van der Waals surface area contributed by atoms with Crippen LogP contribution in [0.15, 0.2) is 17.4 Å². The summed E-state index contributed by atoms with van der Waals surface area (Å²) < 4.78 is 13.1. The second-order valence-corrected chi connectivity index (χ2v) is 3.24. The Hall–Kier alpha value is -1.69. The van der Waals surface area contributed by atoms with E-state index in [4.69, 9.17) is 5.53 Å². The van der Waals surface area contributed by atoms with Gasteiger partial charge < -0.3 is 10.2 Å². The summed E-state index contributed by atoms with van der Waals surface area (Å²) >= 11 is 0. The van der Waals surface area contributed by atoms with Crippen LogP contribution >= 0.6 is 0 Å². The van der Waals surface area contributed by atoms with Crippen LogP contribution in [0.5, 0.6) is 0 Å². The van der Waals surface area contributed by atoms with Gasteiger partial charge in [-0.25, -0.2) is 4.98 Å². The smallest absolute Gasteiger partial charge is 0.216 e. The molecule has 6 nitrogen and oxygen atoms in total. The predicted octanol–water partition coefficient (Wildman–Crippen LogP) is 1.23.